The Kier molecular flexibility index (Phi) is 4.86. The summed E-state index contributed by atoms with van der Waals surface area (Å²) < 4.78 is 0.428. The molecule has 1 aliphatic heterocycles. The molecule has 3 N–H and O–H groups in total. The van der Waals surface area contributed by atoms with Gasteiger partial charge in [0.05, 0.1) is 16.8 Å². The number of amidine groups is 1. The van der Waals surface area contributed by atoms with E-state index in [2.05, 4.69) is 27.5 Å². The average molecular weight is 314 g/mol. The number of rotatable bonds is 3. The van der Waals surface area contributed by atoms with E-state index in [1.165, 1.54) is 4.90 Å². The number of nitrogens with zero attached hydrogens (tertiary/aromatic N) is 2. The van der Waals surface area contributed by atoms with E-state index in [1.54, 1.807) is 13.0 Å². The number of hydrogen-bond donors (Lipinski definition) is 2. The number of hydrogen-bond acceptors (Lipinski definition) is 4. The van der Waals surface area contributed by atoms with Crippen molar-refractivity contribution in [3.63, 3.8) is 0 Å². The molecule has 0 aromatic heterocycles. The van der Waals surface area contributed by atoms with E-state index < -0.39 is 0 Å². The van der Waals surface area contributed by atoms with Crippen molar-refractivity contribution < 1.29 is 9.90 Å². The van der Waals surface area contributed by atoms with E-state index in [9.17, 15) is 4.79 Å². The van der Waals surface area contributed by atoms with Crippen molar-refractivity contribution in [1.82, 2.24) is 4.90 Å². The van der Waals surface area contributed by atoms with Gasteiger partial charge in [-0.25, -0.2) is 4.99 Å². The zero-order valence-corrected chi connectivity index (χ0v) is 12.0. The second kappa shape index (κ2) is 5.97. The molecule has 0 fully saturated rings. The Hall–Kier alpha value is -1.40. The molecule has 1 aliphatic rings. The standard InChI is InChI=1S/C12H16BrN3O2/c1-4-16-11(15-7(2)6-17)9(8(3)14)5-10(13)12(16)18/h5,17H,2,4,6,14H2,1,3H3/b9-8-,15-11+. The number of amides is 1. The highest BCUT2D eigenvalue weighted by atomic mass is 79.9. The topological polar surface area (TPSA) is 78.9 Å². The minimum absolute atomic E-state index is 0.188. The van der Waals surface area contributed by atoms with Gasteiger partial charge < -0.3 is 10.8 Å². The van der Waals surface area contributed by atoms with Crippen LogP contribution in [-0.2, 0) is 4.79 Å². The predicted octanol–water partition coefficient (Wildman–Crippen LogP) is 1.26. The summed E-state index contributed by atoms with van der Waals surface area (Å²) in [5.41, 5.74) is 7.28. The second-order valence-corrected chi connectivity index (χ2v) is 4.65. The van der Waals surface area contributed by atoms with Gasteiger partial charge >= 0.3 is 0 Å². The minimum Gasteiger partial charge on any atom is -0.402 e. The van der Waals surface area contributed by atoms with Crippen molar-refractivity contribution in [1.29, 1.82) is 0 Å². The molecule has 6 heteroatoms. The summed E-state index contributed by atoms with van der Waals surface area (Å²) in [6, 6.07) is 0. The fraction of sp³-hybridized carbons (Fsp3) is 0.333. The first-order valence-corrected chi connectivity index (χ1v) is 6.24. The number of nitrogens with two attached hydrogens (primary N) is 1. The van der Waals surface area contributed by atoms with Crippen LogP contribution in [0.25, 0.3) is 0 Å². The summed E-state index contributed by atoms with van der Waals surface area (Å²) >= 11 is 3.21. The summed E-state index contributed by atoms with van der Waals surface area (Å²) in [4.78, 5) is 17.6. The van der Waals surface area contributed by atoms with Gasteiger partial charge in [0.2, 0.25) is 0 Å². The van der Waals surface area contributed by atoms with Gasteiger partial charge in [-0.2, -0.15) is 0 Å². The van der Waals surface area contributed by atoms with Gasteiger partial charge in [0, 0.05) is 17.8 Å². The molecule has 0 saturated heterocycles. The molecular formula is C12H16BrN3O2. The summed E-state index contributed by atoms with van der Waals surface area (Å²) in [7, 11) is 0. The molecule has 0 unspecified atom stereocenters. The van der Waals surface area contributed by atoms with Crippen LogP contribution in [0, 0.1) is 0 Å². The smallest absolute Gasteiger partial charge is 0.266 e. The van der Waals surface area contributed by atoms with Crippen LogP contribution in [0.1, 0.15) is 13.8 Å². The molecule has 0 aliphatic carbocycles. The highest BCUT2D eigenvalue weighted by molar-refractivity contribution is 9.12. The summed E-state index contributed by atoms with van der Waals surface area (Å²) in [5.74, 6) is 0.233. The number of allylic oxidation sites excluding steroid dienone is 1. The van der Waals surface area contributed by atoms with Gasteiger partial charge in [0.15, 0.2) is 0 Å². The van der Waals surface area contributed by atoms with Crippen LogP contribution < -0.4 is 5.73 Å². The van der Waals surface area contributed by atoms with Crippen LogP contribution in [-0.4, -0.2) is 34.9 Å². The van der Waals surface area contributed by atoms with E-state index in [0.717, 1.165) is 0 Å². The Morgan fingerprint density at radius 3 is 2.72 bits per heavy atom. The van der Waals surface area contributed by atoms with Crippen molar-refractivity contribution in [2.75, 3.05) is 13.2 Å². The highest BCUT2D eigenvalue weighted by Gasteiger charge is 2.28. The number of carbonyl (C=O) groups excluding carboxylic acids is 1. The van der Waals surface area contributed by atoms with E-state index in [-0.39, 0.29) is 18.2 Å². The Labute approximate surface area is 114 Å². The number of aliphatic imine (C=N–C) groups is 1. The zero-order chi connectivity index (χ0) is 13.9. The number of carbonyl (C=O) groups is 1. The van der Waals surface area contributed by atoms with Crippen LogP contribution in [0.3, 0.4) is 0 Å². The van der Waals surface area contributed by atoms with Crippen molar-refractivity contribution in [3.05, 3.63) is 34.1 Å². The first kappa shape index (κ1) is 14.7. The molecule has 0 aromatic rings. The SMILES string of the molecule is C=C(CO)/N=C1\C(=C(\C)N)C=C(Br)C(=O)N1CC. The van der Waals surface area contributed by atoms with Crippen LogP contribution >= 0.6 is 15.9 Å². The van der Waals surface area contributed by atoms with Crippen molar-refractivity contribution in [2.24, 2.45) is 10.7 Å². The molecule has 0 saturated carbocycles. The molecule has 1 rings (SSSR count). The number of halogens is 1. The predicted molar refractivity (Wildman–Crippen MR) is 74.9 cm³/mol. The third kappa shape index (κ3) is 2.88. The second-order valence-electron chi connectivity index (χ2n) is 3.80. The molecule has 1 heterocycles. The van der Waals surface area contributed by atoms with Crippen molar-refractivity contribution in [2.45, 2.75) is 13.8 Å². The van der Waals surface area contributed by atoms with Gasteiger partial charge in [-0.3, -0.25) is 9.69 Å². The van der Waals surface area contributed by atoms with Crippen LogP contribution in [0.15, 0.2) is 39.1 Å². The third-order valence-electron chi connectivity index (χ3n) is 2.40. The summed E-state index contributed by atoms with van der Waals surface area (Å²) in [6.07, 6.45) is 1.63. The largest absolute Gasteiger partial charge is 0.402 e. The minimum atomic E-state index is -0.267. The highest BCUT2D eigenvalue weighted by Crippen LogP contribution is 2.24. The lowest BCUT2D eigenvalue weighted by molar-refractivity contribution is -0.122. The van der Waals surface area contributed by atoms with Crippen LogP contribution in [0.4, 0.5) is 0 Å². The maximum Gasteiger partial charge on any atom is 0.266 e. The van der Waals surface area contributed by atoms with Gasteiger partial charge in [0.1, 0.15) is 5.84 Å². The molecule has 98 valence electrons. The molecule has 5 nitrogen and oxygen atoms in total. The van der Waals surface area contributed by atoms with Crippen LogP contribution in [0.5, 0.6) is 0 Å². The molecule has 0 spiro atoms. The Morgan fingerprint density at radius 1 is 1.67 bits per heavy atom. The maximum atomic E-state index is 12.0. The molecule has 0 bridgehead atoms. The van der Waals surface area contributed by atoms with Crippen molar-refractivity contribution >= 4 is 27.7 Å². The summed E-state index contributed by atoms with van der Waals surface area (Å²) in [5, 5.41) is 8.99. The number of aliphatic hydroxyl groups is 1. The lowest BCUT2D eigenvalue weighted by atomic mass is 10.1. The lowest BCUT2D eigenvalue weighted by Gasteiger charge is -2.28. The number of likely N-dealkylation sites (N-methyl/N-ethyl adjacent to an activating group) is 1. The van der Waals surface area contributed by atoms with E-state index >= 15 is 0 Å². The third-order valence-corrected chi connectivity index (χ3v) is 2.97. The Bertz CT molecular complexity index is 474. The molecule has 1 amide bonds. The zero-order valence-electron chi connectivity index (χ0n) is 10.4. The van der Waals surface area contributed by atoms with Gasteiger partial charge in [-0.1, -0.05) is 6.58 Å². The number of aliphatic hydroxyl groups excluding tert-OH is 1. The van der Waals surface area contributed by atoms with E-state index in [1.807, 2.05) is 6.92 Å². The summed E-state index contributed by atoms with van der Waals surface area (Å²) in [6.45, 7) is 7.36. The lowest BCUT2D eigenvalue weighted by Crippen LogP contribution is -2.41. The first-order chi connectivity index (χ1) is 8.42. The fourth-order valence-corrected chi connectivity index (χ4v) is 1.96. The molecular weight excluding hydrogens is 298 g/mol. The maximum absolute atomic E-state index is 12.0. The van der Waals surface area contributed by atoms with E-state index in [4.69, 9.17) is 10.8 Å². The van der Waals surface area contributed by atoms with Crippen LogP contribution in [0.2, 0.25) is 0 Å². The quantitative estimate of drug-likeness (QED) is 0.823. The Balaban J connectivity index is 3.41. The fourth-order valence-electron chi connectivity index (χ4n) is 1.51. The van der Waals surface area contributed by atoms with Gasteiger partial charge in [0.25, 0.3) is 5.91 Å². The molecule has 0 aromatic carbocycles. The van der Waals surface area contributed by atoms with Crippen molar-refractivity contribution in [3.8, 4) is 0 Å². The first-order valence-electron chi connectivity index (χ1n) is 5.45. The van der Waals surface area contributed by atoms with Gasteiger partial charge in [-0.15, -0.1) is 0 Å². The molecule has 18 heavy (non-hydrogen) atoms. The average Bonchev–Trinajstić information content (AvgIpc) is 2.33. The Morgan fingerprint density at radius 2 is 2.28 bits per heavy atom. The monoisotopic (exact) mass is 313 g/mol. The molecule has 0 atom stereocenters. The molecule has 0 radical (unpaired) electrons. The normalized spacial score (nSPS) is 21.1. The van der Waals surface area contributed by atoms with E-state index in [0.29, 0.717) is 28.1 Å². The van der Waals surface area contributed by atoms with Gasteiger partial charge in [-0.05, 0) is 35.9 Å².